The van der Waals surface area contributed by atoms with Gasteiger partial charge in [-0.2, -0.15) is 0 Å². The summed E-state index contributed by atoms with van der Waals surface area (Å²) in [6, 6.07) is 13.5. The van der Waals surface area contributed by atoms with E-state index in [4.69, 9.17) is 15.2 Å². The fourth-order valence-electron chi connectivity index (χ4n) is 2.83. The summed E-state index contributed by atoms with van der Waals surface area (Å²) >= 11 is 0. The highest BCUT2D eigenvalue weighted by atomic mass is 16.6. The maximum atomic E-state index is 12.5. The molecule has 2 aromatic carbocycles. The molecule has 3 rings (SSSR count). The Kier molecular flexibility index (Phi) is 5.14. The van der Waals surface area contributed by atoms with Gasteiger partial charge in [0.15, 0.2) is 11.6 Å². The van der Waals surface area contributed by atoms with E-state index in [-0.39, 0.29) is 24.6 Å². The molecule has 1 unspecified atom stereocenters. The first kappa shape index (κ1) is 17.8. The van der Waals surface area contributed by atoms with Crippen molar-refractivity contribution in [3.8, 4) is 0 Å². The molecule has 2 aromatic rings. The van der Waals surface area contributed by atoms with Crippen LogP contribution in [0.1, 0.15) is 40.9 Å². The predicted octanol–water partition coefficient (Wildman–Crippen LogP) is 2.46. The third-order valence-corrected chi connectivity index (χ3v) is 4.20. The van der Waals surface area contributed by atoms with Gasteiger partial charge in [-0.05, 0) is 36.8 Å². The van der Waals surface area contributed by atoms with Crippen LogP contribution in [0, 0.1) is 0 Å². The van der Waals surface area contributed by atoms with Gasteiger partial charge < -0.3 is 15.2 Å². The molecule has 1 heterocycles. The number of ether oxygens (including phenoxy) is 2. The molecule has 2 N–H and O–H groups in total. The zero-order valence-electron chi connectivity index (χ0n) is 14.3. The summed E-state index contributed by atoms with van der Waals surface area (Å²) in [5.41, 5.74) is 8.02. The molecule has 26 heavy (non-hydrogen) atoms. The molecule has 0 bridgehead atoms. The van der Waals surface area contributed by atoms with E-state index in [1.807, 2.05) is 0 Å². The summed E-state index contributed by atoms with van der Waals surface area (Å²) in [6.07, 6.45) is -1.58. The largest absolute Gasteiger partial charge is 0.464 e. The van der Waals surface area contributed by atoms with Gasteiger partial charge >= 0.3 is 5.97 Å². The van der Waals surface area contributed by atoms with Gasteiger partial charge in [-0.3, -0.25) is 9.59 Å². The van der Waals surface area contributed by atoms with Gasteiger partial charge in [0.2, 0.25) is 6.10 Å². The van der Waals surface area contributed by atoms with E-state index in [1.54, 1.807) is 55.5 Å². The lowest BCUT2D eigenvalue weighted by molar-refractivity contribution is -0.158. The molecule has 1 fully saturated rings. The first-order valence-corrected chi connectivity index (χ1v) is 8.34. The SMILES string of the molecule is CCOC(=O)C1O[C@@H](c2ccc(C(=O)c3ccc(N)cc3)cc2)CC1=O. The molecule has 0 aliphatic carbocycles. The van der Waals surface area contributed by atoms with E-state index in [9.17, 15) is 14.4 Å². The standard InChI is InChI=1S/C20H19NO5/c1-2-25-20(24)19-16(22)11-17(26-19)12-3-5-13(6-4-12)18(23)14-7-9-15(21)10-8-14/h3-10,17,19H,2,11,21H2,1H3/t17-,19?/m1/s1. The van der Waals surface area contributed by atoms with Crippen LogP contribution in [0.2, 0.25) is 0 Å². The zero-order valence-corrected chi connectivity index (χ0v) is 14.3. The lowest BCUT2D eigenvalue weighted by atomic mass is 9.99. The number of carbonyl (C=O) groups is 3. The van der Waals surface area contributed by atoms with Gasteiger partial charge in [0, 0.05) is 23.2 Å². The quantitative estimate of drug-likeness (QED) is 0.384. The molecule has 1 aliphatic rings. The van der Waals surface area contributed by atoms with Crippen LogP contribution in [0.4, 0.5) is 5.69 Å². The molecule has 0 aromatic heterocycles. The van der Waals surface area contributed by atoms with Crippen LogP contribution in [-0.2, 0) is 19.1 Å². The molecular weight excluding hydrogens is 334 g/mol. The lowest BCUT2D eigenvalue weighted by Crippen LogP contribution is -2.28. The Bertz CT molecular complexity index is 826. The van der Waals surface area contributed by atoms with Crippen molar-refractivity contribution in [1.29, 1.82) is 0 Å². The molecule has 1 saturated heterocycles. The maximum Gasteiger partial charge on any atom is 0.343 e. The third kappa shape index (κ3) is 3.65. The van der Waals surface area contributed by atoms with Gasteiger partial charge in [-0.25, -0.2) is 4.79 Å². The predicted molar refractivity (Wildman–Crippen MR) is 94.6 cm³/mol. The van der Waals surface area contributed by atoms with Crippen LogP contribution in [0.15, 0.2) is 48.5 Å². The van der Waals surface area contributed by atoms with E-state index in [0.717, 1.165) is 5.56 Å². The number of Topliss-reactive ketones (excluding diaryl/α,β-unsaturated/α-hetero) is 1. The van der Waals surface area contributed by atoms with Crippen molar-refractivity contribution in [2.45, 2.75) is 25.6 Å². The second kappa shape index (κ2) is 7.49. The Morgan fingerprint density at radius 1 is 1.08 bits per heavy atom. The Morgan fingerprint density at radius 2 is 1.65 bits per heavy atom. The van der Waals surface area contributed by atoms with Gasteiger partial charge in [0.25, 0.3) is 0 Å². The normalized spacial score (nSPS) is 19.3. The Morgan fingerprint density at radius 3 is 2.23 bits per heavy atom. The molecule has 0 saturated carbocycles. The van der Waals surface area contributed by atoms with Crippen molar-refractivity contribution >= 4 is 23.2 Å². The lowest BCUT2D eigenvalue weighted by Gasteiger charge is -2.12. The minimum Gasteiger partial charge on any atom is -0.464 e. The number of benzene rings is 2. The molecule has 134 valence electrons. The average molecular weight is 353 g/mol. The number of rotatable bonds is 5. The van der Waals surface area contributed by atoms with Crippen LogP contribution >= 0.6 is 0 Å². The first-order chi connectivity index (χ1) is 12.5. The van der Waals surface area contributed by atoms with Gasteiger partial charge in [-0.15, -0.1) is 0 Å². The van der Waals surface area contributed by atoms with Crippen LogP contribution in [0.25, 0.3) is 0 Å². The molecule has 1 aliphatic heterocycles. The van der Waals surface area contributed by atoms with Crippen LogP contribution in [0.5, 0.6) is 0 Å². The number of ketones is 2. The van der Waals surface area contributed by atoms with Crippen molar-refractivity contribution in [3.05, 3.63) is 65.2 Å². The zero-order chi connectivity index (χ0) is 18.7. The second-order valence-electron chi connectivity index (χ2n) is 6.00. The van der Waals surface area contributed by atoms with Gasteiger partial charge in [-0.1, -0.05) is 24.3 Å². The topological polar surface area (TPSA) is 95.7 Å². The summed E-state index contributed by atoms with van der Waals surface area (Å²) in [4.78, 5) is 36.2. The minimum absolute atomic E-state index is 0.106. The number of hydrogen-bond acceptors (Lipinski definition) is 6. The number of nitrogens with two attached hydrogens (primary N) is 1. The molecule has 6 nitrogen and oxygen atoms in total. The Hall–Kier alpha value is -2.99. The molecule has 2 atom stereocenters. The number of esters is 1. The van der Waals surface area contributed by atoms with Crippen molar-refractivity contribution < 1.29 is 23.9 Å². The molecule has 0 radical (unpaired) electrons. The van der Waals surface area contributed by atoms with E-state index < -0.39 is 18.2 Å². The fourth-order valence-corrected chi connectivity index (χ4v) is 2.83. The molecule has 0 amide bonds. The smallest absolute Gasteiger partial charge is 0.343 e. The monoisotopic (exact) mass is 353 g/mol. The van der Waals surface area contributed by atoms with Crippen LogP contribution < -0.4 is 5.73 Å². The van der Waals surface area contributed by atoms with Gasteiger partial charge in [0.1, 0.15) is 0 Å². The molecule has 0 spiro atoms. The molecule has 6 heteroatoms. The van der Waals surface area contributed by atoms with Crippen LogP contribution in [-0.4, -0.2) is 30.2 Å². The van der Waals surface area contributed by atoms with E-state index in [2.05, 4.69) is 0 Å². The highest BCUT2D eigenvalue weighted by Crippen LogP contribution is 2.31. The highest BCUT2D eigenvalue weighted by molar-refractivity contribution is 6.09. The van der Waals surface area contributed by atoms with E-state index in [0.29, 0.717) is 16.8 Å². The number of carbonyl (C=O) groups excluding carboxylic acids is 3. The summed E-state index contributed by atoms with van der Waals surface area (Å²) < 4.78 is 10.4. The Labute approximate surface area is 150 Å². The summed E-state index contributed by atoms with van der Waals surface area (Å²) in [7, 11) is 0. The van der Waals surface area contributed by atoms with Crippen molar-refractivity contribution in [2.75, 3.05) is 12.3 Å². The maximum absolute atomic E-state index is 12.5. The number of hydrogen-bond donors (Lipinski definition) is 1. The van der Waals surface area contributed by atoms with Crippen molar-refractivity contribution in [3.63, 3.8) is 0 Å². The fraction of sp³-hybridized carbons (Fsp3) is 0.250. The molecular formula is C20H19NO5. The summed E-state index contributed by atoms with van der Waals surface area (Å²) in [5, 5.41) is 0. The van der Waals surface area contributed by atoms with E-state index >= 15 is 0 Å². The average Bonchev–Trinajstić information content (AvgIpc) is 3.04. The highest BCUT2D eigenvalue weighted by Gasteiger charge is 2.40. The summed E-state index contributed by atoms with van der Waals surface area (Å²) in [6.45, 7) is 1.87. The second-order valence-corrected chi connectivity index (χ2v) is 6.00. The third-order valence-electron chi connectivity index (χ3n) is 4.20. The van der Waals surface area contributed by atoms with E-state index in [1.165, 1.54) is 0 Å². The first-order valence-electron chi connectivity index (χ1n) is 8.34. The number of anilines is 1. The van der Waals surface area contributed by atoms with Crippen molar-refractivity contribution in [2.24, 2.45) is 0 Å². The van der Waals surface area contributed by atoms with Crippen molar-refractivity contribution in [1.82, 2.24) is 0 Å². The number of nitrogen functional groups attached to an aromatic ring is 1. The Balaban J connectivity index is 1.72. The minimum atomic E-state index is -1.17. The summed E-state index contributed by atoms with van der Waals surface area (Å²) in [5.74, 6) is -1.07. The van der Waals surface area contributed by atoms with Gasteiger partial charge in [0.05, 0.1) is 12.7 Å². The van der Waals surface area contributed by atoms with Crippen LogP contribution in [0.3, 0.4) is 0 Å².